The molecule has 0 atom stereocenters. The summed E-state index contributed by atoms with van der Waals surface area (Å²) < 4.78 is 2.05. The Morgan fingerprint density at radius 3 is 2.73 bits per heavy atom. The summed E-state index contributed by atoms with van der Waals surface area (Å²) in [4.78, 5) is 12.1. The van der Waals surface area contributed by atoms with Gasteiger partial charge in [-0.3, -0.25) is 10.1 Å². The van der Waals surface area contributed by atoms with Gasteiger partial charge in [0.05, 0.1) is 5.75 Å². The summed E-state index contributed by atoms with van der Waals surface area (Å²) in [6.07, 6.45) is 1.70. The first kappa shape index (κ1) is 18.5. The van der Waals surface area contributed by atoms with Crippen LogP contribution >= 0.6 is 23.1 Å². The van der Waals surface area contributed by atoms with Crippen LogP contribution in [-0.2, 0) is 24.2 Å². The van der Waals surface area contributed by atoms with Gasteiger partial charge >= 0.3 is 0 Å². The highest BCUT2D eigenvalue weighted by molar-refractivity contribution is 7.99. The van der Waals surface area contributed by atoms with E-state index in [1.807, 2.05) is 36.6 Å². The average molecular weight is 389 g/mol. The maximum atomic E-state index is 12.1. The van der Waals surface area contributed by atoms with E-state index in [-0.39, 0.29) is 11.7 Å². The number of aromatic nitrogens is 5. The second-order valence-electron chi connectivity index (χ2n) is 5.61. The molecule has 0 saturated carbocycles. The van der Waals surface area contributed by atoms with E-state index in [0.29, 0.717) is 5.13 Å². The van der Waals surface area contributed by atoms with Crippen molar-refractivity contribution in [1.82, 2.24) is 25.0 Å². The molecule has 0 aliphatic rings. The molecular formula is C17H20N6OS2. The van der Waals surface area contributed by atoms with E-state index < -0.39 is 0 Å². The molecule has 9 heteroatoms. The van der Waals surface area contributed by atoms with Crippen LogP contribution < -0.4 is 5.32 Å². The molecule has 1 N–H and O–H groups in total. The maximum absolute atomic E-state index is 12.1. The number of thioether (sulfide) groups is 1. The zero-order valence-electron chi connectivity index (χ0n) is 14.7. The third-order valence-corrected chi connectivity index (χ3v) is 5.67. The van der Waals surface area contributed by atoms with Crippen LogP contribution in [-0.4, -0.2) is 36.6 Å². The van der Waals surface area contributed by atoms with Crippen LogP contribution in [0.3, 0.4) is 0 Å². The summed E-state index contributed by atoms with van der Waals surface area (Å²) in [7, 11) is 0. The van der Waals surface area contributed by atoms with Gasteiger partial charge in [-0.1, -0.05) is 60.4 Å². The predicted molar refractivity (Wildman–Crippen MR) is 104 cm³/mol. The van der Waals surface area contributed by atoms with Crippen molar-refractivity contribution >= 4 is 34.1 Å². The lowest BCUT2D eigenvalue weighted by atomic mass is 10.1. The molecule has 0 bridgehead atoms. The van der Waals surface area contributed by atoms with Crippen molar-refractivity contribution in [3.8, 4) is 0 Å². The zero-order valence-corrected chi connectivity index (χ0v) is 16.3. The van der Waals surface area contributed by atoms with Crippen molar-refractivity contribution in [2.45, 2.75) is 38.4 Å². The van der Waals surface area contributed by atoms with E-state index in [4.69, 9.17) is 0 Å². The molecular weight excluding hydrogens is 368 g/mol. The second-order valence-corrected chi connectivity index (χ2v) is 7.61. The third kappa shape index (κ3) is 4.89. The Bertz CT molecular complexity index is 861. The van der Waals surface area contributed by atoms with Crippen LogP contribution in [0.2, 0.25) is 0 Å². The number of amides is 1. The molecule has 2 heterocycles. The number of anilines is 1. The van der Waals surface area contributed by atoms with E-state index in [2.05, 4.69) is 37.8 Å². The highest BCUT2D eigenvalue weighted by Gasteiger charge is 2.13. The van der Waals surface area contributed by atoms with Crippen LogP contribution in [0.4, 0.5) is 5.13 Å². The first-order chi connectivity index (χ1) is 12.7. The molecule has 1 aromatic carbocycles. The standard InChI is InChI=1S/C17H20N6OS2/c1-3-15-20-21-16(26-15)18-14(24)11-25-17-22-19-12(2)23(17)10-9-13-7-5-4-6-8-13/h4-8H,3,9-11H2,1-2H3,(H,18,21,24). The monoisotopic (exact) mass is 388 g/mol. The molecule has 0 fully saturated rings. The van der Waals surface area contributed by atoms with Gasteiger partial charge in [-0.25, -0.2) is 0 Å². The maximum Gasteiger partial charge on any atom is 0.236 e. The van der Waals surface area contributed by atoms with Gasteiger partial charge in [-0.2, -0.15) is 0 Å². The number of hydrogen-bond donors (Lipinski definition) is 1. The molecule has 0 unspecified atom stereocenters. The zero-order chi connectivity index (χ0) is 18.4. The van der Waals surface area contributed by atoms with Gasteiger partial charge < -0.3 is 4.57 Å². The van der Waals surface area contributed by atoms with Crippen molar-refractivity contribution in [3.05, 3.63) is 46.7 Å². The number of carbonyl (C=O) groups excluding carboxylic acids is 1. The largest absolute Gasteiger partial charge is 0.306 e. The number of rotatable bonds is 8. The molecule has 3 aromatic rings. The molecule has 2 aromatic heterocycles. The van der Waals surface area contributed by atoms with Crippen LogP contribution in [0.5, 0.6) is 0 Å². The van der Waals surface area contributed by atoms with Gasteiger partial charge in [-0.05, 0) is 25.3 Å². The number of nitrogens with zero attached hydrogens (tertiary/aromatic N) is 5. The van der Waals surface area contributed by atoms with E-state index in [1.54, 1.807) is 0 Å². The second kappa shape index (κ2) is 8.91. The van der Waals surface area contributed by atoms with Crippen LogP contribution in [0.15, 0.2) is 35.5 Å². The van der Waals surface area contributed by atoms with Crippen molar-refractivity contribution < 1.29 is 4.79 Å². The van der Waals surface area contributed by atoms with Crippen LogP contribution in [0.1, 0.15) is 23.3 Å². The summed E-state index contributed by atoms with van der Waals surface area (Å²) in [5.74, 6) is 0.981. The normalized spacial score (nSPS) is 10.8. The van der Waals surface area contributed by atoms with E-state index >= 15 is 0 Å². The molecule has 3 rings (SSSR count). The SMILES string of the molecule is CCc1nnc(NC(=O)CSc2nnc(C)n2CCc2ccccc2)s1. The smallest absolute Gasteiger partial charge is 0.236 e. The molecule has 0 radical (unpaired) electrons. The number of nitrogens with one attached hydrogen (secondary N) is 1. The Kier molecular flexibility index (Phi) is 6.35. The quantitative estimate of drug-likeness (QED) is 0.597. The molecule has 26 heavy (non-hydrogen) atoms. The summed E-state index contributed by atoms with van der Waals surface area (Å²) in [6, 6.07) is 10.3. The van der Waals surface area contributed by atoms with Crippen molar-refractivity contribution in [3.63, 3.8) is 0 Å². The summed E-state index contributed by atoms with van der Waals surface area (Å²) in [5, 5.41) is 21.3. The number of hydrogen-bond acceptors (Lipinski definition) is 7. The van der Waals surface area contributed by atoms with Crippen molar-refractivity contribution in [1.29, 1.82) is 0 Å². The Hall–Kier alpha value is -2.26. The van der Waals surface area contributed by atoms with E-state index in [1.165, 1.54) is 28.7 Å². The van der Waals surface area contributed by atoms with Gasteiger partial charge in [-0.15, -0.1) is 20.4 Å². The van der Waals surface area contributed by atoms with Gasteiger partial charge in [0.2, 0.25) is 11.0 Å². The van der Waals surface area contributed by atoms with Crippen LogP contribution in [0, 0.1) is 6.92 Å². The van der Waals surface area contributed by atoms with E-state index in [9.17, 15) is 4.79 Å². The topological polar surface area (TPSA) is 85.6 Å². The minimum atomic E-state index is -0.121. The summed E-state index contributed by atoms with van der Waals surface area (Å²) in [6.45, 7) is 4.71. The first-order valence-corrected chi connectivity index (χ1v) is 10.1. The molecule has 0 aliphatic carbocycles. The van der Waals surface area contributed by atoms with Gasteiger partial charge in [0.25, 0.3) is 0 Å². The number of benzene rings is 1. The molecule has 7 nitrogen and oxygen atoms in total. The first-order valence-electron chi connectivity index (χ1n) is 8.34. The Morgan fingerprint density at radius 2 is 2.00 bits per heavy atom. The molecule has 0 spiro atoms. The molecule has 0 aliphatic heterocycles. The Balaban J connectivity index is 1.55. The van der Waals surface area contributed by atoms with Crippen LogP contribution in [0.25, 0.3) is 0 Å². The number of carbonyl (C=O) groups is 1. The fraction of sp³-hybridized carbons (Fsp3) is 0.353. The lowest BCUT2D eigenvalue weighted by Gasteiger charge is -2.08. The molecule has 1 amide bonds. The van der Waals surface area contributed by atoms with Crippen molar-refractivity contribution in [2.75, 3.05) is 11.1 Å². The highest BCUT2D eigenvalue weighted by Crippen LogP contribution is 2.19. The average Bonchev–Trinajstić information content (AvgIpc) is 3.25. The lowest BCUT2D eigenvalue weighted by Crippen LogP contribution is -2.14. The fourth-order valence-electron chi connectivity index (χ4n) is 2.34. The summed E-state index contributed by atoms with van der Waals surface area (Å²) in [5.41, 5.74) is 1.26. The molecule has 0 saturated heterocycles. The van der Waals surface area contributed by atoms with E-state index in [0.717, 1.165) is 35.4 Å². The van der Waals surface area contributed by atoms with Gasteiger partial charge in [0.1, 0.15) is 10.8 Å². The Labute approximate surface area is 160 Å². The predicted octanol–water partition coefficient (Wildman–Crippen LogP) is 2.97. The lowest BCUT2D eigenvalue weighted by molar-refractivity contribution is -0.113. The highest BCUT2D eigenvalue weighted by atomic mass is 32.2. The number of aryl methyl sites for hydroxylation is 3. The van der Waals surface area contributed by atoms with Crippen molar-refractivity contribution in [2.24, 2.45) is 0 Å². The minimum Gasteiger partial charge on any atom is -0.306 e. The fourth-order valence-corrected chi connectivity index (χ4v) is 3.85. The third-order valence-electron chi connectivity index (χ3n) is 3.72. The molecule has 136 valence electrons. The van der Waals surface area contributed by atoms with Gasteiger partial charge in [0.15, 0.2) is 5.16 Å². The minimum absolute atomic E-state index is 0.121. The Morgan fingerprint density at radius 1 is 1.19 bits per heavy atom. The summed E-state index contributed by atoms with van der Waals surface area (Å²) >= 11 is 2.78. The van der Waals surface area contributed by atoms with Gasteiger partial charge in [0, 0.05) is 6.54 Å².